The van der Waals surface area contributed by atoms with Gasteiger partial charge in [-0.25, -0.2) is 0 Å². The van der Waals surface area contributed by atoms with Crippen LogP contribution in [-0.4, -0.2) is 34.6 Å². The van der Waals surface area contributed by atoms with E-state index in [2.05, 4.69) is 0 Å². The van der Waals surface area contributed by atoms with E-state index < -0.39 is 0 Å². The van der Waals surface area contributed by atoms with Gasteiger partial charge < -0.3 is 10.0 Å². The lowest BCUT2D eigenvalue weighted by Gasteiger charge is -2.47. The molecule has 2 fully saturated rings. The normalized spacial score (nSPS) is 27.4. The lowest BCUT2D eigenvalue weighted by atomic mass is 9.76. The smallest absolute Gasteiger partial charge is 0.223 e. The van der Waals surface area contributed by atoms with Gasteiger partial charge in [-0.1, -0.05) is 0 Å². The molecule has 1 aliphatic carbocycles. The summed E-state index contributed by atoms with van der Waals surface area (Å²) in [4.78, 5) is 13.3. The summed E-state index contributed by atoms with van der Waals surface area (Å²) in [7, 11) is 0. The van der Waals surface area contributed by atoms with Crippen molar-refractivity contribution in [1.29, 1.82) is 0 Å². The Balaban J connectivity index is 2.10. The maximum Gasteiger partial charge on any atom is 0.223 e. The van der Waals surface area contributed by atoms with Crippen LogP contribution < -0.4 is 0 Å². The molecule has 1 N–H and O–H groups in total. The summed E-state index contributed by atoms with van der Waals surface area (Å²) in [5.41, 5.74) is -0.145. The Labute approximate surface area is 72.4 Å². The van der Waals surface area contributed by atoms with Gasteiger partial charge in [0.15, 0.2) is 0 Å². The van der Waals surface area contributed by atoms with Gasteiger partial charge in [-0.15, -0.1) is 0 Å². The molecule has 2 rings (SSSR count). The van der Waals surface area contributed by atoms with Crippen LogP contribution in [-0.2, 0) is 4.79 Å². The Morgan fingerprint density at radius 1 is 1.42 bits per heavy atom. The summed E-state index contributed by atoms with van der Waals surface area (Å²) in [6.07, 6.45) is 4.80. The van der Waals surface area contributed by atoms with Crippen LogP contribution in [0.15, 0.2) is 0 Å². The Morgan fingerprint density at radius 3 is 2.50 bits per heavy atom. The highest BCUT2D eigenvalue weighted by Gasteiger charge is 2.45. The van der Waals surface area contributed by atoms with Crippen molar-refractivity contribution in [2.24, 2.45) is 0 Å². The van der Waals surface area contributed by atoms with E-state index in [9.17, 15) is 9.90 Å². The Hall–Kier alpha value is -0.570. The summed E-state index contributed by atoms with van der Waals surface area (Å²) in [5, 5.41) is 9.22. The predicted molar refractivity (Wildman–Crippen MR) is 44.6 cm³/mol. The SMILES string of the molecule is O=C1CCCN1C1(CO)CCC1. The summed E-state index contributed by atoms with van der Waals surface area (Å²) in [6, 6.07) is 0. The van der Waals surface area contributed by atoms with E-state index in [1.165, 1.54) is 0 Å². The predicted octanol–water partition coefficient (Wildman–Crippen LogP) is 0.524. The van der Waals surface area contributed by atoms with E-state index in [1.54, 1.807) is 0 Å². The van der Waals surface area contributed by atoms with Crippen LogP contribution in [0.2, 0.25) is 0 Å². The first kappa shape index (κ1) is 8.05. The van der Waals surface area contributed by atoms with Crippen LogP contribution >= 0.6 is 0 Å². The molecule has 0 aromatic heterocycles. The number of nitrogens with zero attached hydrogens (tertiary/aromatic N) is 1. The molecule has 1 heterocycles. The molecule has 0 atom stereocenters. The molecule has 1 aliphatic heterocycles. The zero-order valence-electron chi connectivity index (χ0n) is 7.25. The molecule has 2 aliphatic rings. The molecular formula is C9H15NO2. The molecule has 0 unspecified atom stereocenters. The molecular weight excluding hydrogens is 154 g/mol. The second-order valence-corrected chi connectivity index (χ2v) is 3.88. The van der Waals surface area contributed by atoms with E-state index in [0.717, 1.165) is 32.2 Å². The van der Waals surface area contributed by atoms with Crippen LogP contribution in [0.25, 0.3) is 0 Å². The highest BCUT2D eigenvalue weighted by Crippen LogP contribution is 2.39. The molecule has 1 saturated carbocycles. The number of rotatable bonds is 2. The zero-order chi connectivity index (χ0) is 8.60. The summed E-state index contributed by atoms with van der Waals surface area (Å²) >= 11 is 0. The fraction of sp³-hybridized carbons (Fsp3) is 0.889. The van der Waals surface area contributed by atoms with Gasteiger partial charge in [0.1, 0.15) is 0 Å². The summed E-state index contributed by atoms with van der Waals surface area (Å²) < 4.78 is 0. The standard InChI is InChI=1S/C9H15NO2/c11-7-9(4-2-5-9)10-6-1-3-8(10)12/h11H,1-7H2. The maximum atomic E-state index is 11.4. The molecule has 68 valence electrons. The fourth-order valence-corrected chi connectivity index (χ4v) is 2.25. The Bertz CT molecular complexity index is 193. The molecule has 0 bridgehead atoms. The first-order chi connectivity index (χ1) is 5.78. The van der Waals surface area contributed by atoms with Crippen molar-refractivity contribution in [1.82, 2.24) is 4.90 Å². The third-order valence-electron chi connectivity index (χ3n) is 3.22. The summed E-state index contributed by atoms with van der Waals surface area (Å²) in [6.45, 7) is 1.01. The van der Waals surface area contributed by atoms with Crippen molar-refractivity contribution in [3.63, 3.8) is 0 Å². The molecule has 12 heavy (non-hydrogen) atoms. The van der Waals surface area contributed by atoms with Crippen molar-refractivity contribution in [2.75, 3.05) is 13.2 Å². The molecule has 0 aromatic rings. The van der Waals surface area contributed by atoms with E-state index in [0.29, 0.717) is 6.42 Å². The quantitative estimate of drug-likeness (QED) is 0.654. The number of carbonyl (C=O) groups is 1. The van der Waals surface area contributed by atoms with Crippen LogP contribution in [0, 0.1) is 0 Å². The van der Waals surface area contributed by atoms with Crippen LogP contribution in [0.4, 0.5) is 0 Å². The number of carbonyl (C=O) groups excluding carboxylic acids is 1. The number of aliphatic hydroxyl groups is 1. The average molecular weight is 169 g/mol. The Kier molecular flexibility index (Phi) is 1.83. The van der Waals surface area contributed by atoms with Gasteiger partial charge in [-0.2, -0.15) is 0 Å². The van der Waals surface area contributed by atoms with Crippen molar-refractivity contribution < 1.29 is 9.90 Å². The minimum absolute atomic E-state index is 0.145. The van der Waals surface area contributed by atoms with Crippen molar-refractivity contribution in [2.45, 2.75) is 37.6 Å². The molecule has 1 amide bonds. The average Bonchev–Trinajstić information content (AvgIpc) is 2.36. The van der Waals surface area contributed by atoms with Gasteiger partial charge in [-0.3, -0.25) is 4.79 Å². The topological polar surface area (TPSA) is 40.5 Å². The largest absolute Gasteiger partial charge is 0.394 e. The van der Waals surface area contributed by atoms with Gasteiger partial charge in [0.25, 0.3) is 0 Å². The summed E-state index contributed by atoms with van der Waals surface area (Å²) in [5.74, 6) is 0.240. The first-order valence-corrected chi connectivity index (χ1v) is 4.70. The lowest BCUT2D eigenvalue weighted by Crippen LogP contribution is -2.56. The van der Waals surface area contributed by atoms with Crippen molar-refractivity contribution in [3.8, 4) is 0 Å². The van der Waals surface area contributed by atoms with Crippen LogP contribution in [0.1, 0.15) is 32.1 Å². The third kappa shape index (κ3) is 0.959. The van der Waals surface area contributed by atoms with E-state index in [4.69, 9.17) is 0 Å². The molecule has 3 nitrogen and oxygen atoms in total. The molecule has 3 heteroatoms. The molecule has 1 saturated heterocycles. The second-order valence-electron chi connectivity index (χ2n) is 3.88. The van der Waals surface area contributed by atoms with E-state index >= 15 is 0 Å². The number of amides is 1. The maximum absolute atomic E-state index is 11.4. The lowest BCUT2D eigenvalue weighted by molar-refractivity contribution is -0.139. The van der Waals surface area contributed by atoms with Crippen molar-refractivity contribution >= 4 is 5.91 Å². The third-order valence-corrected chi connectivity index (χ3v) is 3.22. The van der Waals surface area contributed by atoms with Gasteiger partial charge in [0.2, 0.25) is 5.91 Å². The molecule has 0 radical (unpaired) electrons. The van der Waals surface area contributed by atoms with E-state index in [1.807, 2.05) is 4.90 Å². The number of hydrogen-bond acceptors (Lipinski definition) is 2. The van der Waals surface area contributed by atoms with E-state index in [-0.39, 0.29) is 18.1 Å². The fourth-order valence-electron chi connectivity index (χ4n) is 2.25. The van der Waals surface area contributed by atoms with Gasteiger partial charge in [0.05, 0.1) is 12.1 Å². The van der Waals surface area contributed by atoms with Gasteiger partial charge in [-0.05, 0) is 25.7 Å². The van der Waals surface area contributed by atoms with Crippen LogP contribution in [0.5, 0.6) is 0 Å². The monoisotopic (exact) mass is 169 g/mol. The highest BCUT2D eigenvalue weighted by atomic mass is 16.3. The minimum atomic E-state index is -0.145. The van der Waals surface area contributed by atoms with Crippen molar-refractivity contribution in [3.05, 3.63) is 0 Å². The minimum Gasteiger partial charge on any atom is -0.394 e. The van der Waals surface area contributed by atoms with Crippen LogP contribution in [0.3, 0.4) is 0 Å². The number of hydrogen-bond donors (Lipinski definition) is 1. The zero-order valence-corrected chi connectivity index (χ0v) is 7.25. The molecule has 0 aromatic carbocycles. The van der Waals surface area contributed by atoms with Gasteiger partial charge >= 0.3 is 0 Å². The van der Waals surface area contributed by atoms with Gasteiger partial charge in [0, 0.05) is 13.0 Å². The first-order valence-electron chi connectivity index (χ1n) is 4.70. The number of likely N-dealkylation sites (tertiary alicyclic amines) is 1. The Morgan fingerprint density at radius 2 is 2.17 bits per heavy atom. The number of aliphatic hydroxyl groups excluding tert-OH is 1. The second kappa shape index (κ2) is 2.73. The highest BCUT2D eigenvalue weighted by molar-refractivity contribution is 5.79. The molecule has 0 spiro atoms.